The highest BCUT2D eigenvalue weighted by Crippen LogP contribution is 2.25. The fourth-order valence-electron chi connectivity index (χ4n) is 1.61. The summed E-state index contributed by atoms with van der Waals surface area (Å²) >= 11 is 8.29. The van der Waals surface area contributed by atoms with Gasteiger partial charge in [-0.2, -0.15) is 0 Å². The molecule has 0 spiro atoms. The standard InChI is InChI=1S/C13H12Br2N2OS/c1-13(2,12-16-5-6-19-12)17-11(18)9-7-8(14)3-4-10(9)15/h3-7H,1-2H3,(H,17,18). The molecule has 1 N–H and O–H groups in total. The van der Waals surface area contributed by atoms with E-state index in [0.717, 1.165) is 14.0 Å². The third-order valence-electron chi connectivity index (χ3n) is 2.57. The quantitative estimate of drug-likeness (QED) is 0.828. The molecule has 0 atom stereocenters. The Bertz CT molecular complexity index is 597. The zero-order valence-corrected chi connectivity index (χ0v) is 14.4. The van der Waals surface area contributed by atoms with Gasteiger partial charge in [0.25, 0.3) is 5.91 Å². The van der Waals surface area contributed by atoms with Crippen LogP contribution in [0, 0.1) is 0 Å². The minimum Gasteiger partial charge on any atom is -0.341 e. The number of halogens is 2. The molecular weight excluding hydrogens is 392 g/mol. The van der Waals surface area contributed by atoms with Crippen molar-refractivity contribution in [2.24, 2.45) is 0 Å². The number of thiazole rings is 1. The lowest BCUT2D eigenvalue weighted by Gasteiger charge is -2.24. The number of aromatic nitrogens is 1. The highest BCUT2D eigenvalue weighted by atomic mass is 79.9. The summed E-state index contributed by atoms with van der Waals surface area (Å²) in [5.74, 6) is -0.131. The van der Waals surface area contributed by atoms with Crippen molar-refractivity contribution in [3.8, 4) is 0 Å². The van der Waals surface area contributed by atoms with E-state index >= 15 is 0 Å². The Kier molecular flexibility index (Phi) is 4.43. The molecular formula is C13H12Br2N2OS. The fourth-order valence-corrected chi connectivity index (χ4v) is 3.11. The van der Waals surface area contributed by atoms with E-state index in [1.807, 2.05) is 31.4 Å². The molecule has 0 saturated heterocycles. The zero-order valence-electron chi connectivity index (χ0n) is 10.4. The average Bonchev–Trinajstić information content (AvgIpc) is 2.86. The molecule has 0 aliphatic carbocycles. The molecule has 0 saturated carbocycles. The van der Waals surface area contributed by atoms with Crippen LogP contribution >= 0.6 is 43.2 Å². The predicted molar refractivity (Wildman–Crippen MR) is 84.4 cm³/mol. The number of nitrogens with zero attached hydrogens (tertiary/aromatic N) is 1. The minimum absolute atomic E-state index is 0.131. The van der Waals surface area contributed by atoms with Gasteiger partial charge < -0.3 is 5.32 Å². The molecule has 0 radical (unpaired) electrons. The molecule has 1 heterocycles. The molecule has 2 rings (SSSR count). The molecule has 100 valence electrons. The number of amides is 1. The van der Waals surface area contributed by atoms with Gasteiger partial charge in [-0.1, -0.05) is 15.9 Å². The van der Waals surface area contributed by atoms with Crippen LogP contribution in [0.15, 0.2) is 38.7 Å². The molecule has 1 amide bonds. The maximum absolute atomic E-state index is 12.3. The van der Waals surface area contributed by atoms with Crippen LogP contribution in [0.5, 0.6) is 0 Å². The van der Waals surface area contributed by atoms with Crippen molar-refractivity contribution in [2.75, 3.05) is 0 Å². The van der Waals surface area contributed by atoms with Gasteiger partial charge in [-0.3, -0.25) is 4.79 Å². The summed E-state index contributed by atoms with van der Waals surface area (Å²) in [6.07, 6.45) is 1.74. The Morgan fingerprint density at radius 3 is 2.74 bits per heavy atom. The van der Waals surface area contributed by atoms with Gasteiger partial charge in [0.15, 0.2) is 0 Å². The van der Waals surface area contributed by atoms with Gasteiger partial charge in [0, 0.05) is 20.5 Å². The Balaban J connectivity index is 2.24. The van der Waals surface area contributed by atoms with Crippen molar-refractivity contribution in [1.29, 1.82) is 0 Å². The van der Waals surface area contributed by atoms with Crippen molar-refractivity contribution in [3.63, 3.8) is 0 Å². The van der Waals surface area contributed by atoms with Crippen LogP contribution in [-0.2, 0) is 5.54 Å². The first-order valence-corrected chi connectivity index (χ1v) is 8.04. The van der Waals surface area contributed by atoms with Crippen LogP contribution in [0.2, 0.25) is 0 Å². The van der Waals surface area contributed by atoms with Crippen molar-refractivity contribution in [2.45, 2.75) is 19.4 Å². The third-order valence-corrected chi connectivity index (χ3v) is 4.85. The van der Waals surface area contributed by atoms with E-state index in [9.17, 15) is 4.79 Å². The van der Waals surface area contributed by atoms with Crippen LogP contribution in [-0.4, -0.2) is 10.9 Å². The average molecular weight is 404 g/mol. The first-order valence-electron chi connectivity index (χ1n) is 5.58. The van der Waals surface area contributed by atoms with Crippen molar-refractivity contribution < 1.29 is 4.79 Å². The van der Waals surface area contributed by atoms with Gasteiger partial charge in [-0.15, -0.1) is 11.3 Å². The summed E-state index contributed by atoms with van der Waals surface area (Å²) in [6, 6.07) is 5.51. The molecule has 19 heavy (non-hydrogen) atoms. The van der Waals surface area contributed by atoms with E-state index in [0.29, 0.717) is 5.56 Å². The van der Waals surface area contributed by atoms with E-state index in [-0.39, 0.29) is 5.91 Å². The van der Waals surface area contributed by atoms with E-state index in [1.54, 1.807) is 12.3 Å². The van der Waals surface area contributed by atoms with Crippen molar-refractivity contribution in [1.82, 2.24) is 10.3 Å². The van der Waals surface area contributed by atoms with Crippen molar-refractivity contribution >= 4 is 49.1 Å². The molecule has 1 aromatic heterocycles. The summed E-state index contributed by atoms with van der Waals surface area (Å²) in [5.41, 5.74) is 0.103. The van der Waals surface area contributed by atoms with Crippen LogP contribution in [0.1, 0.15) is 29.2 Å². The maximum Gasteiger partial charge on any atom is 0.253 e. The lowest BCUT2D eigenvalue weighted by molar-refractivity contribution is 0.0911. The van der Waals surface area contributed by atoms with Crippen LogP contribution < -0.4 is 5.32 Å². The van der Waals surface area contributed by atoms with Gasteiger partial charge in [-0.25, -0.2) is 4.98 Å². The molecule has 2 aromatic rings. The minimum atomic E-state index is -0.493. The number of rotatable bonds is 3. The van der Waals surface area contributed by atoms with E-state index in [2.05, 4.69) is 42.2 Å². The third kappa shape index (κ3) is 3.43. The highest BCUT2D eigenvalue weighted by molar-refractivity contribution is 9.11. The molecule has 0 fully saturated rings. The number of carbonyl (C=O) groups excluding carboxylic acids is 1. The van der Waals surface area contributed by atoms with Gasteiger partial charge in [0.1, 0.15) is 5.01 Å². The Hall–Kier alpha value is -0.720. The summed E-state index contributed by atoms with van der Waals surface area (Å²) in [5, 5.41) is 5.78. The lowest BCUT2D eigenvalue weighted by Crippen LogP contribution is -2.41. The SMILES string of the molecule is CC(C)(NC(=O)c1cc(Br)ccc1Br)c1nccs1. The summed E-state index contributed by atoms with van der Waals surface area (Å²) in [7, 11) is 0. The molecule has 0 aliphatic heterocycles. The topological polar surface area (TPSA) is 42.0 Å². The maximum atomic E-state index is 12.3. The number of nitrogens with one attached hydrogen (secondary N) is 1. The first kappa shape index (κ1) is 14.7. The Morgan fingerprint density at radius 1 is 1.37 bits per heavy atom. The number of carbonyl (C=O) groups is 1. The summed E-state index contributed by atoms with van der Waals surface area (Å²) in [6.45, 7) is 3.88. The second kappa shape index (κ2) is 5.73. The molecule has 1 aromatic carbocycles. The van der Waals surface area contributed by atoms with Crippen LogP contribution in [0.3, 0.4) is 0 Å². The van der Waals surface area contributed by atoms with Crippen LogP contribution in [0.4, 0.5) is 0 Å². The molecule has 6 heteroatoms. The zero-order chi connectivity index (χ0) is 14.0. The number of hydrogen-bond acceptors (Lipinski definition) is 3. The summed E-state index contributed by atoms with van der Waals surface area (Å²) < 4.78 is 1.64. The lowest BCUT2D eigenvalue weighted by atomic mass is 10.1. The highest BCUT2D eigenvalue weighted by Gasteiger charge is 2.26. The van der Waals surface area contributed by atoms with Crippen molar-refractivity contribution in [3.05, 3.63) is 49.3 Å². The number of hydrogen-bond donors (Lipinski definition) is 1. The normalized spacial score (nSPS) is 11.4. The predicted octanol–water partition coefficient (Wildman–Crippen LogP) is 4.33. The van der Waals surface area contributed by atoms with E-state index in [1.165, 1.54) is 11.3 Å². The van der Waals surface area contributed by atoms with Gasteiger partial charge >= 0.3 is 0 Å². The monoisotopic (exact) mass is 402 g/mol. The van der Waals surface area contributed by atoms with E-state index < -0.39 is 5.54 Å². The molecule has 0 aliphatic rings. The van der Waals surface area contributed by atoms with E-state index in [4.69, 9.17) is 0 Å². The molecule has 0 unspecified atom stereocenters. The fraction of sp³-hybridized carbons (Fsp3) is 0.231. The number of benzene rings is 1. The second-order valence-corrected chi connectivity index (χ2v) is 7.21. The smallest absolute Gasteiger partial charge is 0.253 e. The van der Waals surface area contributed by atoms with Gasteiger partial charge in [-0.05, 0) is 48.0 Å². The van der Waals surface area contributed by atoms with Gasteiger partial charge in [0.2, 0.25) is 0 Å². The Morgan fingerprint density at radius 2 is 2.11 bits per heavy atom. The van der Waals surface area contributed by atoms with Crippen LogP contribution in [0.25, 0.3) is 0 Å². The van der Waals surface area contributed by atoms with Gasteiger partial charge in [0.05, 0.1) is 11.1 Å². The second-order valence-electron chi connectivity index (χ2n) is 4.54. The summed E-state index contributed by atoms with van der Waals surface area (Å²) in [4.78, 5) is 16.6. The molecule has 0 bridgehead atoms. The first-order chi connectivity index (χ1) is 8.90. The largest absolute Gasteiger partial charge is 0.341 e. The molecule has 3 nitrogen and oxygen atoms in total. The Labute approximate surface area is 132 Å².